The summed E-state index contributed by atoms with van der Waals surface area (Å²) in [5.41, 5.74) is 0. The summed E-state index contributed by atoms with van der Waals surface area (Å²) in [5, 5.41) is 0. The van der Waals surface area contributed by atoms with E-state index in [0.29, 0.717) is 13.0 Å². The quantitative estimate of drug-likeness (QED) is 0.374. The number of ether oxygens (including phenoxy) is 1. The van der Waals surface area contributed by atoms with Crippen LogP contribution in [0.3, 0.4) is 0 Å². The number of hydrogen-bond donors (Lipinski definition) is 2. The molecule has 0 spiro atoms. The summed E-state index contributed by atoms with van der Waals surface area (Å²) in [5.74, 6) is 1.56. The van der Waals surface area contributed by atoms with E-state index >= 15 is 0 Å². The summed E-state index contributed by atoms with van der Waals surface area (Å²) >= 11 is 8.11. The maximum atomic E-state index is 11.0. The molecule has 0 aliphatic heterocycles. The normalized spacial score (nSPS) is 10.0. The van der Waals surface area contributed by atoms with Gasteiger partial charge in [-0.2, -0.15) is 25.3 Å². The molecule has 0 aromatic rings. The van der Waals surface area contributed by atoms with Crippen molar-refractivity contribution >= 4 is 31.2 Å². The molecule has 0 aromatic carbocycles. The van der Waals surface area contributed by atoms with Crippen molar-refractivity contribution in [1.29, 1.82) is 0 Å². The molecule has 0 fully saturated rings. The SMILES string of the molecule is O=C(CCCS)OCCCCCS. The van der Waals surface area contributed by atoms with Crippen LogP contribution in [0, 0.1) is 0 Å². The van der Waals surface area contributed by atoms with Crippen LogP contribution < -0.4 is 0 Å². The monoisotopic (exact) mass is 222 g/mol. The van der Waals surface area contributed by atoms with Crippen molar-refractivity contribution in [2.24, 2.45) is 0 Å². The molecule has 4 heteroatoms. The van der Waals surface area contributed by atoms with Gasteiger partial charge >= 0.3 is 5.97 Å². The van der Waals surface area contributed by atoms with Crippen LogP contribution in [-0.2, 0) is 9.53 Å². The number of hydrogen-bond acceptors (Lipinski definition) is 4. The van der Waals surface area contributed by atoms with Crippen LogP contribution in [0.1, 0.15) is 32.1 Å². The summed E-state index contributed by atoms with van der Waals surface area (Å²) < 4.78 is 4.99. The molecule has 0 aromatic heterocycles. The standard InChI is InChI=1S/C9H18O2S2/c10-9(5-4-8-13)11-6-2-1-3-7-12/h12-13H,1-8H2. The van der Waals surface area contributed by atoms with E-state index < -0.39 is 0 Å². The minimum Gasteiger partial charge on any atom is -0.466 e. The number of carbonyl (C=O) groups is 1. The summed E-state index contributed by atoms with van der Waals surface area (Å²) in [6, 6.07) is 0. The second-order valence-electron chi connectivity index (χ2n) is 2.83. The zero-order valence-electron chi connectivity index (χ0n) is 7.87. The Morgan fingerprint density at radius 2 is 1.69 bits per heavy atom. The molecular weight excluding hydrogens is 204 g/mol. The van der Waals surface area contributed by atoms with E-state index in [1.54, 1.807) is 0 Å². The van der Waals surface area contributed by atoms with Crippen LogP contribution in [0.15, 0.2) is 0 Å². The van der Waals surface area contributed by atoms with Gasteiger partial charge in [-0.1, -0.05) is 0 Å². The maximum Gasteiger partial charge on any atom is 0.305 e. The van der Waals surface area contributed by atoms with Gasteiger partial charge in [0.25, 0.3) is 0 Å². The van der Waals surface area contributed by atoms with Gasteiger partial charge in [-0.25, -0.2) is 0 Å². The highest BCUT2D eigenvalue weighted by atomic mass is 32.1. The summed E-state index contributed by atoms with van der Waals surface area (Å²) in [7, 11) is 0. The van der Waals surface area contributed by atoms with Crippen LogP contribution in [-0.4, -0.2) is 24.1 Å². The van der Waals surface area contributed by atoms with Gasteiger partial charge in [0.1, 0.15) is 0 Å². The van der Waals surface area contributed by atoms with E-state index in [4.69, 9.17) is 4.74 Å². The van der Waals surface area contributed by atoms with Crippen molar-refractivity contribution in [1.82, 2.24) is 0 Å². The molecule has 0 atom stereocenters. The van der Waals surface area contributed by atoms with Crippen molar-refractivity contribution in [3.05, 3.63) is 0 Å². The summed E-state index contributed by atoms with van der Waals surface area (Å²) in [4.78, 5) is 11.0. The third-order valence-corrected chi connectivity index (χ3v) is 2.24. The van der Waals surface area contributed by atoms with Gasteiger partial charge in [-0.05, 0) is 37.2 Å². The lowest BCUT2D eigenvalue weighted by molar-refractivity contribution is -0.143. The highest BCUT2D eigenvalue weighted by Gasteiger charge is 2.00. The van der Waals surface area contributed by atoms with Gasteiger partial charge in [-0.15, -0.1) is 0 Å². The Morgan fingerprint density at radius 1 is 1.00 bits per heavy atom. The van der Waals surface area contributed by atoms with Gasteiger partial charge in [0.15, 0.2) is 0 Å². The third-order valence-electron chi connectivity index (χ3n) is 1.60. The predicted octanol–water partition coefficient (Wildman–Crippen LogP) is 2.34. The molecule has 0 saturated carbocycles. The number of rotatable bonds is 8. The van der Waals surface area contributed by atoms with E-state index in [2.05, 4.69) is 25.3 Å². The molecule has 2 nitrogen and oxygen atoms in total. The fraction of sp³-hybridized carbons (Fsp3) is 0.889. The Morgan fingerprint density at radius 3 is 2.31 bits per heavy atom. The number of thiol groups is 2. The van der Waals surface area contributed by atoms with Crippen molar-refractivity contribution in [2.45, 2.75) is 32.1 Å². The van der Waals surface area contributed by atoms with Gasteiger partial charge < -0.3 is 4.74 Å². The van der Waals surface area contributed by atoms with Gasteiger partial charge in [0, 0.05) is 6.42 Å². The Balaban J connectivity index is 3.08. The third kappa shape index (κ3) is 10.1. The molecule has 0 saturated heterocycles. The molecule has 0 N–H and O–H groups in total. The van der Waals surface area contributed by atoms with Crippen LogP contribution in [0.2, 0.25) is 0 Å². The fourth-order valence-corrected chi connectivity index (χ4v) is 1.25. The van der Waals surface area contributed by atoms with Crippen molar-refractivity contribution in [3.8, 4) is 0 Å². The van der Waals surface area contributed by atoms with E-state index in [9.17, 15) is 4.79 Å². The highest BCUT2D eigenvalue weighted by Crippen LogP contribution is 1.99. The minimum atomic E-state index is -0.0973. The van der Waals surface area contributed by atoms with Crippen molar-refractivity contribution in [2.75, 3.05) is 18.1 Å². The van der Waals surface area contributed by atoms with E-state index in [1.165, 1.54) is 0 Å². The minimum absolute atomic E-state index is 0.0973. The molecule has 0 aliphatic carbocycles. The number of carbonyl (C=O) groups excluding carboxylic acids is 1. The Kier molecular flexibility index (Phi) is 10.4. The molecule has 0 radical (unpaired) electrons. The summed E-state index contributed by atoms with van der Waals surface area (Å²) in [6.45, 7) is 0.555. The lowest BCUT2D eigenvalue weighted by Gasteiger charge is -2.03. The molecule has 13 heavy (non-hydrogen) atoms. The van der Waals surface area contributed by atoms with Gasteiger partial charge in [-0.3, -0.25) is 4.79 Å². The predicted molar refractivity (Wildman–Crippen MR) is 61.8 cm³/mol. The van der Waals surface area contributed by atoms with Crippen molar-refractivity contribution in [3.63, 3.8) is 0 Å². The Bertz CT molecular complexity index is 129. The Labute approximate surface area is 91.2 Å². The van der Waals surface area contributed by atoms with E-state index in [-0.39, 0.29) is 5.97 Å². The highest BCUT2D eigenvalue weighted by molar-refractivity contribution is 7.80. The molecule has 78 valence electrons. The molecule has 0 rings (SSSR count). The first-order valence-corrected chi connectivity index (χ1v) is 5.95. The lowest BCUT2D eigenvalue weighted by atomic mass is 10.3. The number of unbranched alkanes of at least 4 members (excludes halogenated alkanes) is 2. The second kappa shape index (κ2) is 10.3. The average molecular weight is 222 g/mol. The van der Waals surface area contributed by atoms with Crippen LogP contribution in [0.4, 0.5) is 0 Å². The molecule has 0 heterocycles. The molecular formula is C9H18O2S2. The van der Waals surface area contributed by atoms with E-state index in [1.807, 2.05) is 0 Å². The van der Waals surface area contributed by atoms with Crippen LogP contribution >= 0.6 is 25.3 Å². The lowest BCUT2D eigenvalue weighted by Crippen LogP contribution is -2.05. The zero-order chi connectivity index (χ0) is 9.94. The molecule has 0 bridgehead atoms. The number of esters is 1. The molecule has 0 aliphatic rings. The topological polar surface area (TPSA) is 26.3 Å². The first-order valence-electron chi connectivity index (χ1n) is 4.68. The zero-order valence-corrected chi connectivity index (χ0v) is 9.66. The van der Waals surface area contributed by atoms with E-state index in [0.717, 1.165) is 37.2 Å². The van der Waals surface area contributed by atoms with Gasteiger partial charge in [0.2, 0.25) is 0 Å². The summed E-state index contributed by atoms with van der Waals surface area (Å²) in [6.07, 6.45) is 4.43. The average Bonchev–Trinajstić information content (AvgIpc) is 2.14. The van der Waals surface area contributed by atoms with Crippen LogP contribution in [0.5, 0.6) is 0 Å². The van der Waals surface area contributed by atoms with Gasteiger partial charge in [0.05, 0.1) is 6.61 Å². The van der Waals surface area contributed by atoms with Crippen molar-refractivity contribution < 1.29 is 9.53 Å². The molecule has 0 unspecified atom stereocenters. The first-order chi connectivity index (χ1) is 6.31. The Hall–Kier alpha value is 0.170. The van der Waals surface area contributed by atoms with Crippen LogP contribution in [0.25, 0.3) is 0 Å². The second-order valence-corrected chi connectivity index (χ2v) is 3.73. The first kappa shape index (κ1) is 13.2. The maximum absolute atomic E-state index is 11.0. The molecule has 0 amide bonds. The largest absolute Gasteiger partial charge is 0.466 e. The fourth-order valence-electron chi connectivity index (χ4n) is 0.872. The smallest absolute Gasteiger partial charge is 0.305 e.